The van der Waals surface area contributed by atoms with Crippen molar-refractivity contribution in [3.05, 3.63) is 35.4 Å². The van der Waals surface area contributed by atoms with Gasteiger partial charge in [-0.05, 0) is 49.9 Å². The Balaban J connectivity index is 0.00000272. The molecule has 1 atom stereocenters. The third-order valence-electron chi connectivity index (χ3n) is 6.39. The van der Waals surface area contributed by atoms with Crippen molar-refractivity contribution in [3.8, 4) is 0 Å². The molecule has 0 aromatic heterocycles. The van der Waals surface area contributed by atoms with Gasteiger partial charge in [0, 0.05) is 52.9 Å². The van der Waals surface area contributed by atoms with Crippen LogP contribution in [0.4, 0.5) is 0 Å². The summed E-state index contributed by atoms with van der Waals surface area (Å²) < 4.78 is 5.55. The van der Waals surface area contributed by atoms with Gasteiger partial charge in [-0.25, -0.2) is 0 Å². The third-order valence-corrected chi connectivity index (χ3v) is 6.39. The van der Waals surface area contributed by atoms with Crippen LogP contribution in [0.1, 0.15) is 36.8 Å². The van der Waals surface area contributed by atoms with Crippen molar-refractivity contribution < 1.29 is 9.53 Å². The molecule has 3 aliphatic heterocycles. The molecule has 0 bridgehead atoms. The van der Waals surface area contributed by atoms with Gasteiger partial charge in [-0.3, -0.25) is 14.7 Å². The highest BCUT2D eigenvalue weighted by Crippen LogP contribution is 2.16. The summed E-state index contributed by atoms with van der Waals surface area (Å²) in [6.07, 6.45) is 4.29. The molecule has 0 radical (unpaired) electrons. The topological polar surface area (TPSA) is 60.4 Å². The van der Waals surface area contributed by atoms with E-state index < -0.39 is 0 Å². The number of hydrogen-bond acceptors (Lipinski definition) is 4. The number of aliphatic imine (C=N–C) groups is 1. The van der Waals surface area contributed by atoms with Gasteiger partial charge in [-0.15, -0.1) is 24.0 Å². The second-order valence-electron chi connectivity index (χ2n) is 8.51. The number of hydrogen-bond donors (Lipinski definition) is 1. The van der Waals surface area contributed by atoms with E-state index in [1.165, 1.54) is 37.1 Å². The largest absolute Gasteiger partial charge is 0.368 e. The van der Waals surface area contributed by atoms with Crippen LogP contribution in [-0.4, -0.2) is 85.6 Å². The summed E-state index contributed by atoms with van der Waals surface area (Å²) >= 11 is 0. The summed E-state index contributed by atoms with van der Waals surface area (Å²) in [5.41, 5.74) is 2.64. The van der Waals surface area contributed by atoms with Crippen LogP contribution in [0.15, 0.2) is 29.3 Å². The molecule has 1 aromatic rings. The molecular formula is C23H36IN5O2. The molecule has 1 N–H and O–H groups in total. The molecule has 3 heterocycles. The first kappa shape index (κ1) is 24.3. The van der Waals surface area contributed by atoms with Gasteiger partial charge in [0.05, 0.1) is 0 Å². The number of benzene rings is 1. The van der Waals surface area contributed by atoms with Gasteiger partial charge in [0.25, 0.3) is 5.91 Å². The van der Waals surface area contributed by atoms with Crippen LogP contribution in [0.3, 0.4) is 0 Å². The molecule has 0 spiro atoms. The molecule has 1 amide bonds. The highest BCUT2D eigenvalue weighted by molar-refractivity contribution is 14.0. The average molecular weight is 541 g/mol. The lowest BCUT2D eigenvalue weighted by atomic mass is 10.1. The zero-order valence-corrected chi connectivity index (χ0v) is 20.9. The summed E-state index contributed by atoms with van der Waals surface area (Å²) in [4.78, 5) is 23.7. The van der Waals surface area contributed by atoms with E-state index in [-0.39, 0.29) is 36.0 Å². The van der Waals surface area contributed by atoms with Gasteiger partial charge in [-0.1, -0.05) is 24.3 Å². The maximum Gasteiger partial charge on any atom is 0.251 e. The van der Waals surface area contributed by atoms with Crippen molar-refractivity contribution in [1.29, 1.82) is 0 Å². The Morgan fingerprint density at radius 1 is 1.00 bits per heavy atom. The van der Waals surface area contributed by atoms with Gasteiger partial charge in [0.15, 0.2) is 5.96 Å². The minimum Gasteiger partial charge on any atom is -0.368 e. The van der Waals surface area contributed by atoms with E-state index >= 15 is 0 Å². The van der Waals surface area contributed by atoms with E-state index in [2.05, 4.69) is 44.4 Å². The Kier molecular flexibility index (Phi) is 9.40. The van der Waals surface area contributed by atoms with Gasteiger partial charge in [0.1, 0.15) is 6.10 Å². The van der Waals surface area contributed by atoms with Gasteiger partial charge >= 0.3 is 0 Å². The van der Waals surface area contributed by atoms with Crippen LogP contribution in [0, 0.1) is 0 Å². The number of carbonyl (C=O) groups excluding carboxylic acids is 1. The lowest BCUT2D eigenvalue weighted by molar-refractivity contribution is -0.142. The van der Waals surface area contributed by atoms with Crippen molar-refractivity contribution in [2.75, 3.05) is 52.9 Å². The number of nitrogens with zero attached hydrogens (tertiary/aromatic N) is 4. The Morgan fingerprint density at radius 2 is 1.65 bits per heavy atom. The molecule has 3 fully saturated rings. The summed E-state index contributed by atoms with van der Waals surface area (Å²) in [5.74, 6) is 1.06. The van der Waals surface area contributed by atoms with E-state index in [4.69, 9.17) is 4.74 Å². The Bertz CT molecular complexity index is 722. The van der Waals surface area contributed by atoms with Crippen LogP contribution in [0.2, 0.25) is 0 Å². The van der Waals surface area contributed by atoms with Gasteiger partial charge in [-0.2, -0.15) is 0 Å². The summed E-state index contributed by atoms with van der Waals surface area (Å²) in [7, 11) is 1.82. The fourth-order valence-corrected chi connectivity index (χ4v) is 4.59. The SMILES string of the molecule is CN=C(NCc1ccc(CN2CCCC2)cc1)N1CCN(C(=O)C2CCCO2)CC1.I. The number of piperazine rings is 1. The van der Waals surface area contributed by atoms with E-state index in [1.54, 1.807) is 0 Å². The van der Waals surface area contributed by atoms with E-state index in [0.29, 0.717) is 6.61 Å². The average Bonchev–Trinajstić information content (AvgIpc) is 3.50. The number of guanidine groups is 1. The number of nitrogens with one attached hydrogen (secondary N) is 1. The third kappa shape index (κ3) is 6.55. The number of halogens is 1. The van der Waals surface area contributed by atoms with Crippen molar-refractivity contribution in [1.82, 2.24) is 20.0 Å². The molecule has 3 saturated heterocycles. The highest BCUT2D eigenvalue weighted by Gasteiger charge is 2.30. The number of ether oxygens (including phenoxy) is 1. The molecule has 1 aromatic carbocycles. The summed E-state index contributed by atoms with van der Waals surface area (Å²) in [6, 6.07) is 8.91. The molecule has 4 rings (SSSR count). The van der Waals surface area contributed by atoms with Crippen LogP contribution in [-0.2, 0) is 22.6 Å². The lowest BCUT2D eigenvalue weighted by Crippen LogP contribution is -2.55. The Morgan fingerprint density at radius 3 is 2.26 bits per heavy atom. The van der Waals surface area contributed by atoms with E-state index in [1.807, 2.05) is 11.9 Å². The first-order valence-corrected chi connectivity index (χ1v) is 11.4. The zero-order valence-electron chi connectivity index (χ0n) is 18.6. The maximum atomic E-state index is 12.5. The molecule has 0 aliphatic carbocycles. The number of carbonyl (C=O) groups is 1. The Hall–Kier alpha value is -1.39. The molecule has 1 unspecified atom stereocenters. The normalized spacial score (nSPS) is 22.5. The Labute approximate surface area is 203 Å². The molecule has 31 heavy (non-hydrogen) atoms. The smallest absolute Gasteiger partial charge is 0.251 e. The first-order chi connectivity index (χ1) is 14.7. The second-order valence-corrected chi connectivity index (χ2v) is 8.51. The second kappa shape index (κ2) is 12.0. The zero-order chi connectivity index (χ0) is 20.8. The molecular weight excluding hydrogens is 505 g/mol. The predicted octanol–water partition coefficient (Wildman–Crippen LogP) is 2.30. The minimum absolute atomic E-state index is 0. The molecule has 7 nitrogen and oxygen atoms in total. The van der Waals surface area contributed by atoms with Crippen LogP contribution in [0.5, 0.6) is 0 Å². The van der Waals surface area contributed by atoms with E-state index in [9.17, 15) is 4.79 Å². The van der Waals surface area contributed by atoms with Crippen LogP contribution in [0.25, 0.3) is 0 Å². The fraction of sp³-hybridized carbons (Fsp3) is 0.652. The number of likely N-dealkylation sites (tertiary alicyclic amines) is 1. The lowest BCUT2D eigenvalue weighted by Gasteiger charge is -2.37. The maximum absolute atomic E-state index is 12.5. The van der Waals surface area contributed by atoms with Crippen molar-refractivity contribution in [3.63, 3.8) is 0 Å². The molecule has 8 heteroatoms. The number of amides is 1. The summed E-state index contributed by atoms with van der Waals surface area (Å²) in [5, 5.41) is 3.48. The summed E-state index contributed by atoms with van der Waals surface area (Å²) in [6.45, 7) is 8.04. The van der Waals surface area contributed by atoms with Crippen molar-refractivity contribution >= 4 is 35.8 Å². The first-order valence-electron chi connectivity index (χ1n) is 11.4. The fourth-order valence-electron chi connectivity index (χ4n) is 4.59. The predicted molar refractivity (Wildman–Crippen MR) is 134 cm³/mol. The molecule has 172 valence electrons. The van der Waals surface area contributed by atoms with E-state index in [0.717, 1.165) is 58.1 Å². The van der Waals surface area contributed by atoms with Crippen LogP contribution >= 0.6 is 24.0 Å². The van der Waals surface area contributed by atoms with Crippen molar-refractivity contribution in [2.24, 2.45) is 4.99 Å². The standard InChI is InChI=1S/C23H35N5O2.HI/c1-24-23(28-14-12-27(13-15-28)22(29)21-5-4-16-30-21)25-17-19-6-8-20(9-7-19)18-26-10-2-3-11-26;/h6-9,21H,2-5,10-18H2,1H3,(H,24,25);1H. The monoisotopic (exact) mass is 541 g/mol. The highest BCUT2D eigenvalue weighted by atomic mass is 127. The van der Waals surface area contributed by atoms with Gasteiger partial charge < -0.3 is 19.9 Å². The van der Waals surface area contributed by atoms with Gasteiger partial charge in [0.2, 0.25) is 0 Å². The molecule has 0 saturated carbocycles. The quantitative estimate of drug-likeness (QED) is 0.353. The molecule has 3 aliphatic rings. The minimum atomic E-state index is -0.220. The number of rotatable bonds is 5. The van der Waals surface area contributed by atoms with Crippen LogP contribution < -0.4 is 5.32 Å². The van der Waals surface area contributed by atoms with Crippen molar-refractivity contribution in [2.45, 2.75) is 44.9 Å².